The van der Waals surface area contributed by atoms with E-state index in [4.69, 9.17) is 32.7 Å². The number of nitrogens with zero attached hydrogens (tertiary/aromatic N) is 3. The summed E-state index contributed by atoms with van der Waals surface area (Å²) in [4.78, 5) is 12.4. The molecule has 1 N–H and O–H groups in total. The summed E-state index contributed by atoms with van der Waals surface area (Å²) in [5.41, 5.74) is 0.470. The Morgan fingerprint density at radius 1 is 1.09 bits per heavy atom. The van der Waals surface area contributed by atoms with Crippen LogP contribution in [0.15, 0.2) is 47.6 Å². The average Bonchev–Trinajstić information content (AvgIpc) is 3.20. The first-order chi connectivity index (χ1) is 15.3. The first-order valence-electron chi connectivity index (χ1n) is 9.92. The summed E-state index contributed by atoms with van der Waals surface area (Å²) in [7, 11) is 1.62. The van der Waals surface area contributed by atoms with E-state index in [0.29, 0.717) is 32.5 Å². The molecule has 3 aromatic rings. The Bertz CT molecular complexity index is 1070. The van der Waals surface area contributed by atoms with Crippen molar-refractivity contribution in [2.24, 2.45) is 0 Å². The summed E-state index contributed by atoms with van der Waals surface area (Å²) >= 11 is 13.4. The van der Waals surface area contributed by atoms with Crippen LogP contribution in [0.1, 0.15) is 38.7 Å². The molecule has 10 heteroatoms. The fraction of sp³-hybridized carbons (Fsp3) is 0.318. The van der Waals surface area contributed by atoms with E-state index >= 15 is 0 Å². The van der Waals surface area contributed by atoms with Gasteiger partial charge in [-0.05, 0) is 57.2 Å². The smallest absolute Gasteiger partial charge is 0.234 e. The fourth-order valence-electron chi connectivity index (χ4n) is 2.98. The number of halogens is 2. The lowest BCUT2D eigenvalue weighted by atomic mass is 10.3. The molecule has 3 rings (SSSR count). The molecule has 0 saturated carbocycles. The predicted octanol–water partition coefficient (Wildman–Crippen LogP) is 6.05. The van der Waals surface area contributed by atoms with Gasteiger partial charge in [0.1, 0.15) is 11.5 Å². The molecule has 0 aliphatic rings. The molecular weight excluding hydrogens is 471 g/mol. The normalized spacial score (nSPS) is 12.0. The van der Waals surface area contributed by atoms with Gasteiger partial charge in [0.05, 0.1) is 28.6 Å². The molecule has 1 amide bonds. The maximum Gasteiger partial charge on any atom is 0.234 e. The summed E-state index contributed by atoms with van der Waals surface area (Å²) in [5, 5.41) is 12.7. The minimum absolute atomic E-state index is 0.0786. The minimum Gasteiger partial charge on any atom is -0.497 e. The molecule has 0 radical (unpaired) electrons. The monoisotopic (exact) mass is 494 g/mol. The Balaban J connectivity index is 1.68. The second kappa shape index (κ2) is 10.9. The first kappa shape index (κ1) is 24.2. The third-order valence-electron chi connectivity index (χ3n) is 4.50. The van der Waals surface area contributed by atoms with Gasteiger partial charge in [-0.25, -0.2) is 0 Å². The van der Waals surface area contributed by atoms with Crippen molar-refractivity contribution in [3.05, 3.63) is 58.3 Å². The predicted molar refractivity (Wildman–Crippen MR) is 128 cm³/mol. The van der Waals surface area contributed by atoms with Crippen LogP contribution in [0, 0.1) is 0 Å². The SMILES string of the molecule is COc1ccc(OC(C)c2nnc(SCC(=O)Nc3cccc(Cl)c3Cl)n2C(C)C)cc1. The fourth-order valence-corrected chi connectivity index (χ4v) is 4.20. The molecule has 1 aromatic heterocycles. The summed E-state index contributed by atoms with van der Waals surface area (Å²) in [6, 6.07) is 12.5. The van der Waals surface area contributed by atoms with Crippen molar-refractivity contribution < 1.29 is 14.3 Å². The standard InChI is InChI=1S/C22H24Cl2N4O3S/c1-13(2)28-21(14(3)31-16-10-8-15(30-4)9-11-16)26-27-22(28)32-12-19(29)25-18-7-5-6-17(23)20(18)24/h5-11,13-14H,12H2,1-4H3,(H,25,29). The van der Waals surface area contributed by atoms with Gasteiger partial charge in [0, 0.05) is 6.04 Å². The van der Waals surface area contributed by atoms with Gasteiger partial charge in [0.15, 0.2) is 17.1 Å². The molecule has 170 valence electrons. The lowest BCUT2D eigenvalue weighted by Crippen LogP contribution is -2.16. The van der Waals surface area contributed by atoms with Crippen LogP contribution in [0.2, 0.25) is 10.0 Å². The van der Waals surface area contributed by atoms with Crippen LogP contribution in [0.5, 0.6) is 11.5 Å². The van der Waals surface area contributed by atoms with E-state index in [1.54, 1.807) is 25.3 Å². The number of carbonyl (C=O) groups excluding carboxylic acids is 1. The number of thioether (sulfide) groups is 1. The highest BCUT2D eigenvalue weighted by Crippen LogP contribution is 2.31. The first-order valence-corrected chi connectivity index (χ1v) is 11.7. The van der Waals surface area contributed by atoms with Crippen LogP contribution < -0.4 is 14.8 Å². The Hall–Kier alpha value is -2.42. The van der Waals surface area contributed by atoms with E-state index in [1.807, 2.05) is 49.6 Å². The largest absolute Gasteiger partial charge is 0.497 e. The van der Waals surface area contributed by atoms with Gasteiger partial charge in [0.25, 0.3) is 0 Å². The van der Waals surface area contributed by atoms with Crippen molar-refractivity contribution in [2.45, 2.75) is 38.1 Å². The maximum atomic E-state index is 12.4. The number of ether oxygens (including phenoxy) is 2. The van der Waals surface area contributed by atoms with Gasteiger partial charge in [0.2, 0.25) is 5.91 Å². The zero-order valence-electron chi connectivity index (χ0n) is 18.1. The summed E-state index contributed by atoms with van der Waals surface area (Å²) in [6.45, 7) is 5.97. The highest BCUT2D eigenvalue weighted by molar-refractivity contribution is 7.99. The number of carbonyl (C=O) groups is 1. The second-order valence-electron chi connectivity index (χ2n) is 7.18. The molecule has 32 heavy (non-hydrogen) atoms. The van der Waals surface area contributed by atoms with Crippen molar-refractivity contribution in [1.82, 2.24) is 14.8 Å². The molecular formula is C22H24Cl2N4O3S. The average molecular weight is 495 g/mol. The van der Waals surface area contributed by atoms with Crippen LogP contribution in [0.4, 0.5) is 5.69 Å². The number of amides is 1. The lowest BCUT2D eigenvalue weighted by Gasteiger charge is -2.19. The molecule has 0 spiro atoms. The van der Waals surface area contributed by atoms with Crippen molar-refractivity contribution in [3.8, 4) is 11.5 Å². The highest BCUT2D eigenvalue weighted by Gasteiger charge is 2.22. The third-order valence-corrected chi connectivity index (χ3v) is 6.26. The van der Waals surface area contributed by atoms with Crippen LogP contribution in [-0.2, 0) is 4.79 Å². The highest BCUT2D eigenvalue weighted by atomic mass is 35.5. The number of nitrogens with one attached hydrogen (secondary N) is 1. The van der Waals surface area contributed by atoms with E-state index in [9.17, 15) is 4.79 Å². The molecule has 0 aliphatic heterocycles. The number of methoxy groups -OCH3 is 1. The van der Waals surface area contributed by atoms with E-state index < -0.39 is 0 Å². The molecule has 0 fully saturated rings. The topological polar surface area (TPSA) is 78.3 Å². The van der Waals surface area contributed by atoms with Gasteiger partial charge < -0.3 is 19.4 Å². The van der Waals surface area contributed by atoms with Gasteiger partial charge in [-0.1, -0.05) is 41.0 Å². The van der Waals surface area contributed by atoms with Crippen molar-refractivity contribution in [1.29, 1.82) is 0 Å². The van der Waals surface area contributed by atoms with E-state index in [0.717, 1.165) is 5.75 Å². The lowest BCUT2D eigenvalue weighted by molar-refractivity contribution is -0.113. The zero-order valence-corrected chi connectivity index (χ0v) is 20.5. The molecule has 1 heterocycles. The Kier molecular flexibility index (Phi) is 8.28. The summed E-state index contributed by atoms with van der Waals surface area (Å²) in [6.07, 6.45) is -0.341. The van der Waals surface area contributed by atoms with E-state index in [-0.39, 0.29) is 23.8 Å². The summed E-state index contributed by atoms with van der Waals surface area (Å²) < 4.78 is 13.2. The van der Waals surface area contributed by atoms with E-state index in [2.05, 4.69) is 15.5 Å². The van der Waals surface area contributed by atoms with Gasteiger partial charge in [-0.2, -0.15) is 0 Å². The number of hydrogen-bond donors (Lipinski definition) is 1. The van der Waals surface area contributed by atoms with Gasteiger partial charge in [-0.15, -0.1) is 10.2 Å². The minimum atomic E-state index is -0.341. The van der Waals surface area contributed by atoms with Crippen molar-refractivity contribution >= 4 is 46.6 Å². The number of rotatable bonds is 9. The van der Waals surface area contributed by atoms with Crippen LogP contribution in [0.3, 0.4) is 0 Å². The van der Waals surface area contributed by atoms with Crippen LogP contribution in [0.25, 0.3) is 0 Å². The summed E-state index contributed by atoms with van der Waals surface area (Å²) in [5.74, 6) is 2.05. The second-order valence-corrected chi connectivity index (χ2v) is 8.91. The number of benzene rings is 2. The molecule has 0 saturated heterocycles. The molecule has 1 atom stereocenters. The van der Waals surface area contributed by atoms with E-state index in [1.165, 1.54) is 11.8 Å². The van der Waals surface area contributed by atoms with Crippen LogP contribution >= 0.6 is 35.0 Å². The molecule has 7 nitrogen and oxygen atoms in total. The Labute approximate surface area is 201 Å². The number of anilines is 1. The molecule has 1 unspecified atom stereocenters. The van der Waals surface area contributed by atoms with Crippen molar-refractivity contribution in [3.63, 3.8) is 0 Å². The Morgan fingerprint density at radius 3 is 2.44 bits per heavy atom. The number of aromatic nitrogens is 3. The van der Waals surface area contributed by atoms with Gasteiger partial charge in [-0.3, -0.25) is 4.79 Å². The molecule has 0 bridgehead atoms. The molecule has 0 aliphatic carbocycles. The zero-order chi connectivity index (χ0) is 23.3. The quantitative estimate of drug-likeness (QED) is 0.365. The van der Waals surface area contributed by atoms with Gasteiger partial charge >= 0.3 is 0 Å². The maximum absolute atomic E-state index is 12.4. The Morgan fingerprint density at radius 2 is 1.78 bits per heavy atom. The third kappa shape index (κ3) is 5.88. The number of hydrogen-bond acceptors (Lipinski definition) is 6. The van der Waals surface area contributed by atoms with Crippen LogP contribution in [-0.4, -0.2) is 33.5 Å². The van der Waals surface area contributed by atoms with Crippen molar-refractivity contribution in [2.75, 3.05) is 18.2 Å². The molecule has 2 aromatic carbocycles.